The van der Waals surface area contributed by atoms with E-state index in [4.69, 9.17) is 17.3 Å². The molecule has 0 aliphatic heterocycles. The number of rotatable bonds is 3. The van der Waals surface area contributed by atoms with Gasteiger partial charge in [0.25, 0.3) is 0 Å². The molecule has 0 saturated carbocycles. The van der Waals surface area contributed by atoms with E-state index in [0.29, 0.717) is 0 Å². The Bertz CT molecular complexity index is 488. The Kier molecular flexibility index (Phi) is 3.70. The van der Waals surface area contributed by atoms with E-state index < -0.39 is 0 Å². The summed E-state index contributed by atoms with van der Waals surface area (Å²) in [5.41, 5.74) is 7.69. The molecule has 4 heteroatoms. The molecular formula is C12H11ClN2S. The molecule has 16 heavy (non-hydrogen) atoms. The number of hydrogen-bond donors (Lipinski definition) is 1. The Balaban J connectivity index is 2.05. The molecule has 2 nitrogen and oxygen atoms in total. The van der Waals surface area contributed by atoms with E-state index in [-0.39, 0.29) is 0 Å². The summed E-state index contributed by atoms with van der Waals surface area (Å²) in [4.78, 5) is 4.22. The molecule has 0 saturated heterocycles. The smallest absolute Gasteiger partial charge is 0.119 e. The van der Waals surface area contributed by atoms with Crippen molar-refractivity contribution >= 4 is 29.1 Å². The van der Waals surface area contributed by atoms with Crippen molar-refractivity contribution in [3.63, 3.8) is 0 Å². The first-order valence-electron chi connectivity index (χ1n) is 4.83. The van der Waals surface area contributed by atoms with Crippen molar-refractivity contribution in [1.29, 1.82) is 0 Å². The van der Waals surface area contributed by atoms with Crippen molar-refractivity contribution in [2.24, 2.45) is 0 Å². The highest BCUT2D eigenvalue weighted by Crippen LogP contribution is 2.26. The molecule has 0 bridgehead atoms. The van der Waals surface area contributed by atoms with Crippen LogP contribution < -0.4 is 5.73 Å². The van der Waals surface area contributed by atoms with Crippen LogP contribution in [0.25, 0.3) is 0 Å². The minimum Gasteiger partial charge on any atom is -0.397 e. The maximum absolute atomic E-state index is 5.91. The third kappa shape index (κ3) is 2.90. The number of aromatic nitrogens is 1. The van der Waals surface area contributed by atoms with Crippen molar-refractivity contribution < 1.29 is 0 Å². The Morgan fingerprint density at radius 1 is 1.25 bits per heavy atom. The van der Waals surface area contributed by atoms with Crippen LogP contribution in [0.3, 0.4) is 0 Å². The number of halogens is 1. The molecular weight excluding hydrogens is 240 g/mol. The minimum atomic E-state index is 0.717. The lowest BCUT2D eigenvalue weighted by molar-refractivity contribution is 1.14. The lowest BCUT2D eigenvalue weighted by atomic mass is 10.2. The number of anilines is 1. The molecule has 2 rings (SSSR count). The number of nitrogens with two attached hydrogens (primary N) is 1. The number of hydrogen-bond acceptors (Lipinski definition) is 3. The topological polar surface area (TPSA) is 38.9 Å². The van der Waals surface area contributed by atoms with E-state index in [1.807, 2.05) is 36.4 Å². The van der Waals surface area contributed by atoms with Crippen molar-refractivity contribution in [2.45, 2.75) is 10.8 Å². The summed E-state index contributed by atoms with van der Waals surface area (Å²) in [6, 6.07) is 11.5. The summed E-state index contributed by atoms with van der Waals surface area (Å²) >= 11 is 7.52. The molecule has 0 aliphatic rings. The van der Waals surface area contributed by atoms with E-state index in [0.717, 1.165) is 21.5 Å². The fraction of sp³-hybridized carbons (Fsp3) is 0.0833. The van der Waals surface area contributed by atoms with Crippen molar-refractivity contribution in [1.82, 2.24) is 4.98 Å². The summed E-state index contributed by atoms with van der Waals surface area (Å²) in [6.45, 7) is 0. The molecule has 2 N–H and O–H groups in total. The minimum absolute atomic E-state index is 0.717. The highest BCUT2D eigenvalue weighted by atomic mass is 35.5. The highest BCUT2D eigenvalue weighted by Gasteiger charge is 2.01. The predicted octanol–water partition coefficient (Wildman–Crippen LogP) is 3.61. The monoisotopic (exact) mass is 250 g/mol. The van der Waals surface area contributed by atoms with Gasteiger partial charge in [0.2, 0.25) is 0 Å². The van der Waals surface area contributed by atoms with Gasteiger partial charge in [0, 0.05) is 17.0 Å². The van der Waals surface area contributed by atoms with Crippen LogP contribution >= 0.6 is 23.4 Å². The summed E-state index contributed by atoms with van der Waals surface area (Å²) < 4.78 is 0. The molecule has 2 aromatic rings. The van der Waals surface area contributed by atoms with Crippen LogP contribution in [0.1, 0.15) is 5.56 Å². The van der Waals surface area contributed by atoms with Gasteiger partial charge in [-0.2, -0.15) is 0 Å². The Hall–Kier alpha value is -1.19. The van der Waals surface area contributed by atoms with Gasteiger partial charge in [0.05, 0.1) is 5.69 Å². The fourth-order valence-corrected chi connectivity index (χ4v) is 2.37. The SMILES string of the molecule is Nc1cccnc1SCc1cccc(Cl)c1. The van der Waals surface area contributed by atoms with Gasteiger partial charge >= 0.3 is 0 Å². The maximum Gasteiger partial charge on any atom is 0.119 e. The summed E-state index contributed by atoms with van der Waals surface area (Å²) in [6.07, 6.45) is 1.75. The summed E-state index contributed by atoms with van der Waals surface area (Å²) in [7, 11) is 0. The highest BCUT2D eigenvalue weighted by molar-refractivity contribution is 7.98. The average molecular weight is 251 g/mol. The molecule has 1 aromatic carbocycles. The second-order valence-electron chi connectivity index (χ2n) is 3.32. The van der Waals surface area contributed by atoms with Crippen LogP contribution in [0.4, 0.5) is 5.69 Å². The van der Waals surface area contributed by atoms with Crippen molar-refractivity contribution in [2.75, 3.05) is 5.73 Å². The van der Waals surface area contributed by atoms with Gasteiger partial charge in [0.1, 0.15) is 5.03 Å². The molecule has 1 heterocycles. The molecule has 0 radical (unpaired) electrons. The van der Waals surface area contributed by atoms with Gasteiger partial charge < -0.3 is 5.73 Å². The van der Waals surface area contributed by atoms with Gasteiger partial charge in [-0.15, -0.1) is 0 Å². The number of nitrogens with zero attached hydrogens (tertiary/aromatic N) is 1. The first kappa shape index (κ1) is 11.3. The first-order chi connectivity index (χ1) is 7.75. The average Bonchev–Trinajstić information content (AvgIpc) is 2.28. The van der Waals surface area contributed by atoms with E-state index in [9.17, 15) is 0 Å². The first-order valence-corrected chi connectivity index (χ1v) is 6.20. The molecule has 82 valence electrons. The molecule has 0 spiro atoms. The lowest BCUT2D eigenvalue weighted by Gasteiger charge is -2.04. The molecule has 0 atom stereocenters. The van der Waals surface area contributed by atoms with Crippen LogP contribution in [0.15, 0.2) is 47.6 Å². The zero-order chi connectivity index (χ0) is 11.4. The van der Waals surface area contributed by atoms with E-state index in [1.165, 1.54) is 5.56 Å². The molecule has 1 aromatic heterocycles. The van der Waals surface area contributed by atoms with Crippen LogP contribution in [-0.2, 0) is 5.75 Å². The van der Waals surface area contributed by atoms with Gasteiger partial charge in [-0.25, -0.2) is 4.98 Å². The van der Waals surface area contributed by atoms with Gasteiger partial charge in [-0.1, -0.05) is 35.5 Å². The number of thioether (sulfide) groups is 1. The van der Waals surface area contributed by atoms with Crippen molar-refractivity contribution in [3.05, 3.63) is 53.2 Å². The second-order valence-corrected chi connectivity index (χ2v) is 4.72. The Morgan fingerprint density at radius 2 is 2.12 bits per heavy atom. The standard InChI is InChI=1S/C12H11ClN2S/c13-10-4-1-3-9(7-10)8-16-12-11(14)5-2-6-15-12/h1-7H,8,14H2. The lowest BCUT2D eigenvalue weighted by Crippen LogP contribution is -1.91. The zero-order valence-corrected chi connectivity index (χ0v) is 10.1. The largest absolute Gasteiger partial charge is 0.397 e. The third-order valence-electron chi connectivity index (χ3n) is 2.07. The van der Waals surface area contributed by atoms with Gasteiger partial charge in [-0.05, 0) is 29.8 Å². The van der Waals surface area contributed by atoms with Gasteiger partial charge in [0.15, 0.2) is 0 Å². The predicted molar refractivity (Wildman–Crippen MR) is 69.7 cm³/mol. The quantitative estimate of drug-likeness (QED) is 0.846. The van der Waals surface area contributed by atoms with Crippen LogP contribution in [-0.4, -0.2) is 4.98 Å². The molecule has 0 unspecified atom stereocenters. The number of nitrogen functional groups attached to an aromatic ring is 1. The van der Waals surface area contributed by atoms with Gasteiger partial charge in [-0.3, -0.25) is 0 Å². The molecule has 0 fully saturated rings. The van der Waals surface area contributed by atoms with E-state index >= 15 is 0 Å². The normalized spacial score (nSPS) is 10.3. The fourth-order valence-electron chi connectivity index (χ4n) is 1.30. The van der Waals surface area contributed by atoms with Crippen molar-refractivity contribution in [3.8, 4) is 0 Å². The van der Waals surface area contributed by atoms with E-state index in [2.05, 4.69) is 4.98 Å². The zero-order valence-electron chi connectivity index (χ0n) is 8.56. The summed E-state index contributed by atoms with van der Waals surface area (Å²) in [5, 5.41) is 1.62. The summed E-state index contributed by atoms with van der Waals surface area (Å²) in [5.74, 6) is 0.821. The van der Waals surface area contributed by atoms with Crippen LogP contribution in [0.5, 0.6) is 0 Å². The van der Waals surface area contributed by atoms with Crippen LogP contribution in [0.2, 0.25) is 5.02 Å². The number of benzene rings is 1. The third-order valence-corrected chi connectivity index (χ3v) is 3.39. The maximum atomic E-state index is 5.91. The Morgan fingerprint density at radius 3 is 2.88 bits per heavy atom. The van der Waals surface area contributed by atoms with E-state index in [1.54, 1.807) is 18.0 Å². The number of pyridine rings is 1. The Labute approximate surface area is 104 Å². The second kappa shape index (κ2) is 5.23. The molecule has 0 amide bonds. The molecule has 0 aliphatic carbocycles. The van der Waals surface area contributed by atoms with Crippen LogP contribution in [0, 0.1) is 0 Å².